The third kappa shape index (κ3) is 5.05. The van der Waals surface area contributed by atoms with E-state index in [0.717, 1.165) is 41.9 Å². The number of nitrogens with zero attached hydrogens (tertiary/aromatic N) is 3. The molecule has 0 N–H and O–H groups in total. The molecule has 0 bridgehead atoms. The molecule has 1 aromatic carbocycles. The largest absolute Gasteiger partial charge is 0.342 e. The van der Waals surface area contributed by atoms with E-state index < -0.39 is 0 Å². The van der Waals surface area contributed by atoms with E-state index in [9.17, 15) is 9.18 Å². The topological polar surface area (TPSA) is 46.1 Å². The van der Waals surface area contributed by atoms with Gasteiger partial charge in [-0.05, 0) is 54.3 Å². The van der Waals surface area contributed by atoms with E-state index in [2.05, 4.69) is 4.98 Å². The average Bonchev–Trinajstić information content (AvgIpc) is 2.76. The molecule has 3 heterocycles. The van der Waals surface area contributed by atoms with Gasteiger partial charge in [-0.15, -0.1) is 0 Å². The molecular weight excluding hydrogens is 365 g/mol. The first-order valence-electron chi connectivity index (χ1n) is 10.0. The van der Waals surface area contributed by atoms with Crippen LogP contribution in [0.25, 0.3) is 0 Å². The maximum absolute atomic E-state index is 13.1. The van der Waals surface area contributed by atoms with Crippen LogP contribution in [0.5, 0.6) is 0 Å². The van der Waals surface area contributed by atoms with Gasteiger partial charge in [-0.1, -0.05) is 24.3 Å². The molecule has 0 unspecified atom stereocenters. The maximum atomic E-state index is 13.1. The van der Waals surface area contributed by atoms with Gasteiger partial charge < -0.3 is 4.90 Å². The molecule has 3 aromatic rings. The fraction of sp³-hybridized carbons (Fsp3) is 0.292. The Morgan fingerprint density at radius 3 is 2.72 bits per heavy atom. The first-order chi connectivity index (χ1) is 14.2. The Kier molecular flexibility index (Phi) is 5.94. The number of hydrogen-bond acceptors (Lipinski definition) is 3. The van der Waals surface area contributed by atoms with Crippen LogP contribution in [0.2, 0.25) is 0 Å². The van der Waals surface area contributed by atoms with Crippen LogP contribution >= 0.6 is 0 Å². The van der Waals surface area contributed by atoms with E-state index in [1.54, 1.807) is 24.5 Å². The summed E-state index contributed by atoms with van der Waals surface area (Å²) in [7, 11) is 0. The zero-order valence-corrected chi connectivity index (χ0v) is 16.3. The van der Waals surface area contributed by atoms with E-state index in [1.165, 1.54) is 12.1 Å². The van der Waals surface area contributed by atoms with E-state index in [4.69, 9.17) is 4.98 Å². The Labute approximate surface area is 170 Å². The van der Waals surface area contributed by atoms with Crippen LogP contribution in [0.1, 0.15) is 41.3 Å². The number of carbonyl (C=O) groups excluding carboxylic acids is 1. The number of benzene rings is 1. The molecule has 1 atom stereocenters. The molecule has 29 heavy (non-hydrogen) atoms. The van der Waals surface area contributed by atoms with Crippen molar-refractivity contribution in [2.45, 2.75) is 31.6 Å². The van der Waals surface area contributed by atoms with E-state index in [1.807, 2.05) is 35.2 Å². The van der Waals surface area contributed by atoms with Crippen LogP contribution in [0.4, 0.5) is 4.39 Å². The van der Waals surface area contributed by atoms with Gasteiger partial charge in [0.05, 0.1) is 6.42 Å². The quantitative estimate of drug-likeness (QED) is 0.658. The molecular formula is C24H24FN3O. The lowest BCUT2D eigenvalue weighted by molar-refractivity contribution is -0.131. The van der Waals surface area contributed by atoms with Crippen LogP contribution in [0.15, 0.2) is 67.0 Å². The number of hydrogen-bond donors (Lipinski definition) is 0. The van der Waals surface area contributed by atoms with Crippen molar-refractivity contribution in [2.24, 2.45) is 0 Å². The SMILES string of the molecule is O=C(Cc1cccnc1)N1CCC[C@@H](c2cccc(Cc3ccc(F)cc3)n2)C1. The highest BCUT2D eigenvalue weighted by molar-refractivity contribution is 5.78. The fourth-order valence-electron chi connectivity index (χ4n) is 3.87. The zero-order chi connectivity index (χ0) is 20.1. The minimum Gasteiger partial charge on any atom is -0.342 e. The smallest absolute Gasteiger partial charge is 0.227 e. The summed E-state index contributed by atoms with van der Waals surface area (Å²) in [5, 5.41) is 0. The Morgan fingerprint density at radius 2 is 1.93 bits per heavy atom. The minimum absolute atomic E-state index is 0.144. The van der Waals surface area contributed by atoms with Gasteiger partial charge in [0.2, 0.25) is 5.91 Å². The molecule has 0 spiro atoms. The maximum Gasteiger partial charge on any atom is 0.227 e. The molecule has 1 aliphatic heterocycles. The molecule has 1 aliphatic rings. The lowest BCUT2D eigenvalue weighted by atomic mass is 9.93. The standard InChI is InChI=1S/C24H24FN3O/c25-21-10-8-18(9-11-21)14-22-6-1-7-23(27-22)20-5-3-13-28(17-20)24(29)15-19-4-2-12-26-16-19/h1-2,4,6-12,16,20H,3,5,13-15,17H2/t20-/m1/s1. The second kappa shape index (κ2) is 8.95. The second-order valence-electron chi connectivity index (χ2n) is 7.57. The predicted octanol–water partition coefficient (Wildman–Crippen LogP) is 4.16. The molecule has 148 valence electrons. The number of likely N-dealkylation sites (tertiary alicyclic amines) is 1. The number of carbonyl (C=O) groups is 1. The first-order valence-corrected chi connectivity index (χ1v) is 10.0. The van der Waals surface area contributed by atoms with Crippen molar-refractivity contribution >= 4 is 5.91 Å². The van der Waals surface area contributed by atoms with Gasteiger partial charge in [0.15, 0.2) is 0 Å². The lowest BCUT2D eigenvalue weighted by Crippen LogP contribution is -2.40. The van der Waals surface area contributed by atoms with Crippen molar-refractivity contribution in [3.05, 3.63) is 95.3 Å². The molecule has 1 fully saturated rings. The minimum atomic E-state index is -0.228. The van der Waals surface area contributed by atoms with Crippen LogP contribution in [-0.4, -0.2) is 33.9 Å². The van der Waals surface area contributed by atoms with E-state index in [-0.39, 0.29) is 17.6 Å². The van der Waals surface area contributed by atoms with Gasteiger partial charge in [-0.3, -0.25) is 14.8 Å². The Bertz CT molecular complexity index is 959. The number of rotatable bonds is 5. The van der Waals surface area contributed by atoms with Gasteiger partial charge in [0, 0.05) is 49.2 Å². The van der Waals surface area contributed by atoms with Gasteiger partial charge in [-0.25, -0.2) is 4.39 Å². The second-order valence-corrected chi connectivity index (χ2v) is 7.57. The third-order valence-corrected chi connectivity index (χ3v) is 5.40. The van der Waals surface area contributed by atoms with Crippen LogP contribution in [0.3, 0.4) is 0 Å². The van der Waals surface area contributed by atoms with Crippen molar-refractivity contribution in [1.82, 2.24) is 14.9 Å². The average molecular weight is 389 g/mol. The molecule has 1 saturated heterocycles. The number of piperidine rings is 1. The van der Waals surface area contributed by atoms with Gasteiger partial charge in [-0.2, -0.15) is 0 Å². The first kappa shape index (κ1) is 19.2. The summed E-state index contributed by atoms with van der Waals surface area (Å²) in [5.41, 5.74) is 3.98. The Balaban J connectivity index is 1.42. The molecule has 1 amide bonds. The van der Waals surface area contributed by atoms with Gasteiger partial charge >= 0.3 is 0 Å². The van der Waals surface area contributed by atoms with Crippen LogP contribution in [0, 0.1) is 5.82 Å². The molecule has 0 radical (unpaired) electrons. The molecule has 0 saturated carbocycles. The van der Waals surface area contributed by atoms with E-state index >= 15 is 0 Å². The van der Waals surface area contributed by atoms with Crippen LogP contribution in [-0.2, 0) is 17.6 Å². The summed E-state index contributed by atoms with van der Waals surface area (Å²) >= 11 is 0. The summed E-state index contributed by atoms with van der Waals surface area (Å²) in [6.07, 6.45) is 6.54. The number of pyridine rings is 2. The summed E-state index contributed by atoms with van der Waals surface area (Å²) in [6, 6.07) is 16.4. The number of halogens is 1. The van der Waals surface area contributed by atoms with Crippen molar-refractivity contribution in [2.75, 3.05) is 13.1 Å². The molecule has 5 heteroatoms. The fourth-order valence-corrected chi connectivity index (χ4v) is 3.87. The van der Waals surface area contributed by atoms with E-state index in [0.29, 0.717) is 19.4 Å². The normalized spacial score (nSPS) is 16.6. The highest BCUT2D eigenvalue weighted by atomic mass is 19.1. The molecule has 2 aromatic heterocycles. The summed E-state index contributed by atoms with van der Waals surface area (Å²) in [5.74, 6) is 0.161. The van der Waals surface area contributed by atoms with Gasteiger partial charge in [0.25, 0.3) is 0 Å². The lowest BCUT2D eigenvalue weighted by Gasteiger charge is -2.32. The summed E-state index contributed by atoms with van der Waals surface area (Å²) < 4.78 is 13.1. The van der Waals surface area contributed by atoms with Crippen molar-refractivity contribution in [3.8, 4) is 0 Å². The third-order valence-electron chi connectivity index (χ3n) is 5.40. The number of aromatic nitrogens is 2. The van der Waals surface area contributed by atoms with Crippen molar-refractivity contribution in [1.29, 1.82) is 0 Å². The molecule has 4 rings (SSSR count). The Hall–Kier alpha value is -3.08. The number of amides is 1. The predicted molar refractivity (Wildman–Crippen MR) is 110 cm³/mol. The molecule has 4 nitrogen and oxygen atoms in total. The van der Waals surface area contributed by atoms with Crippen molar-refractivity contribution in [3.63, 3.8) is 0 Å². The monoisotopic (exact) mass is 389 g/mol. The highest BCUT2D eigenvalue weighted by Gasteiger charge is 2.25. The van der Waals surface area contributed by atoms with Gasteiger partial charge in [0.1, 0.15) is 5.82 Å². The van der Waals surface area contributed by atoms with Crippen LogP contribution < -0.4 is 0 Å². The highest BCUT2D eigenvalue weighted by Crippen LogP contribution is 2.26. The van der Waals surface area contributed by atoms with Crippen molar-refractivity contribution < 1.29 is 9.18 Å². The molecule has 0 aliphatic carbocycles. The Morgan fingerprint density at radius 1 is 1.07 bits per heavy atom. The summed E-state index contributed by atoms with van der Waals surface area (Å²) in [4.78, 5) is 23.6. The zero-order valence-electron chi connectivity index (χ0n) is 16.3. The summed E-state index contributed by atoms with van der Waals surface area (Å²) in [6.45, 7) is 1.50.